The van der Waals surface area contributed by atoms with Crippen molar-refractivity contribution >= 4 is 22.0 Å². The molecule has 1 aromatic rings. The van der Waals surface area contributed by atoms with Crippen molar-refractivity contribution in [1.29, 1.82) is 0 Å². The normalized spacial score (nSPS) is 18.2. The number of hydrogen-bond donors (Lipinski definition) is 3. The van der Waals surface area contributed by atoms with E-state index in [1.165, 1.54) is 36.9 Å². The Hall–Kier alpha value is -2.28. The number of nitrogens with zero attached hydrogens (tertiary/aromatic N) is 1. The summed E-state index contributed by atoms with van der Waals surface area (Å²) < 4.78 is 52.8. The van der Waals surface area contributed by atoms with Crippen molar-refractivity contribution in [3.05, 3.63) is 29.6 Å². The van der Waals surface area contributed by atoms with Crippen LogP contribution in [0.5, 0.6) is 5.75 Å². The molecular weight excluding hydrogens is 457 g/mol. The maximum atomic E-state index is 14.1. The van der Waals surface area contributed by atoms with E-state index in [1.807, 2.05) is 0 Å². The number of carbonyl (C=O) groups excluding carboxylic acids is 2. The molecule has 0 radical (unpaired) electrons. The van der Waals surface area contributed by atoms with E-state index in [2.05, 4.69) is 10.0 Å². The van der Waals surface area contributed by atoms with Crippen LogP contribution >= 0.6 is 0 Å². The first-order chi connectivity index (χ1) is 15.4. The molecule has 3 N–H and O–H groups in total. The number of rotatable bonds is 12. The van der Waals surface area contributed by atoms with Gasteiger partial charge in [-0.15, -0.1) is 0 Å². The molecule has 0 unspecified atom stereocenters. The highest BCUT2D eigenvalue weighted by Crippen LogP contribution is 2.47. The van der Waals surface area contributed by atoms with Crippen LogP contribution in [0.4, 0.5) is 9.18 Å². The monoisotopic (exact) mass is 487 g/mol. The predicted molar refractivity (Wildman–Crippen MR) is 116 cm³/mol. The molecule has 33 heavy (non-hydrogen) atoms. The zero-order chi connectivity index (χ0) is 24.3. The Kier molecular flexibility index (Phi) is 7.62. The van der Waals surface area contributed by atoms with Crippen molar-refractivity contribution in [2.24, 2.45) is 0 Å². The van der Waals surface area contributed by atoms with Crippen LogP contribution in [-0.4, -0.2) is 68.2 Å². The number of urea groups is 1. The Morgan fingerprint density at radius 2 is 2.03 bits per heavy atom. The summed E-state index contributed by atoms with van der Waals surface area (Å²) in [5.74, 6) is -1.15. The van der Waals surface area contributed by atoms with Crippen LogP contribution in [0.25, 0.3) is 0 Å². The highest BCUT2D eigenvalue weighted by atomic mass is 32.2. The van der Waals surface area contributed by atoms with E-state index >= 15 is 0 Å². The molecule has 1 aliphatic carbocycles. The molecule has 3 rings (SSSR count). The van der Waals surface area contributed by atoms with E-state index < -0.39 is 33.0 Å². The maximum Gasteiger partial charge on any atom is 0.325 e. The topological polar surface area (TPSA) is 134 Å². The Labute approximate surface area is 192 Å². The van der Waals surface area contributed by atoms with E-state index in [9.17, 15) is 27.5 Å². The molecule has 1 saturated heterocycles. The minimum absolute atomic E-state index is 0.0282. The summed E-state index contributed by atoms with van der Waals surface area (Å²) in [7, 11) is -3.65. The first-order valence-corrected chi connectivity index (χ1v) is 12.4. The Morgan fingerprint density at radius 3 is 2.67 bits per heavy atom. The van der Waals surface area contributed by atoms with Gasteiger partial charge in [0.25, 0.3) is 0 Å². The molecule has 1 aliphatic heterocycles. The van der Waals surface area contributed by atoms with E-state index in [0.717, 1.165) is 0 Å². The van der Waals surface area contributed by atoms with Crippen molar-refractivity contribution < 1.29 is 37.0 Å². The molecule has 0 aromatic heterocycles. The van der Waals surface area contributed by atoms with Crippen molar-refractivity contribution in [3.63, 3.8) is 0 Å². The lowest BCUT2D eigenvalue weighted by Crippen LogP contribution is -2.50. The standard InChI is InChI=1S/C21H30FN3O7S/c1-20(2,28)13-32-17-12-15(4-5-16(17)22)21(7-8-21)24-33(29,30)11-3-10-31-14-25-9-6-18(26)23-19(25)27/h4-5,12,24,28H,3,6-11,13-14H2,1-2H3,(H,23,26,27). The van der Waals surface area contributed by atoms with E-state index in [1.54, 1.807) is 0 Å². The summed E-state index contributed by atoms with van der Waals surface area (Å²) in [6.45, 7) is 3.32. The molecule has 0 atom stereocenters. The number of ether oxygens (including phenoxy) is 2. The van der Waals surface area contributed by atoms with E-state index in [0.29, 0.717) is 18.4 Å². The second-order valence-electron chi connectivity index (χ2n) is 9.01. The van der Waals surface area contributed by atoms with Gasteiger partial charge in [-0.3, -0.25) is 10.1 Å². The molecule has 0 bridgehead atoms. The summed E-state index contributed by atoms with van der Waals surface area (Å²) in [5, 5.41) is 12.0. The number of carbonyl (C=O) groups is 2. The number of hydrogen-bond acceptors (Lipinski definition) is 7. The summed E-state index contributed by atoms with van der Waals surface area (Å²) in [5.41, 5.74) is -1.35. The first kappa shape index (κ1) is 25.3. The Balaban J connectivity index is 1.49. The van der Waals surface area contributed by atoms with Gasteiger partial charge in [-0.1, -0.05) is 6.07 Å². The molecule has 184 valence electrons. The number of nitrogens with one attached hydrogen (secondary N) is 2. The van der Waals surface area contributed by atoms with Crippen LogP contribution in [0.3, 0.4) is 0 Å². The van der Waals surface area contributed by atoms with Gasteiger partial charge >= 0.3 is 6.03 Å². The molecule has 12 heteroatoms. The molecular formula is C21H30FN3O7S. The minimum Gasteiger partial charge on any atom is -0.488 e. The van der Waals surface area contributed by atoms with Crippen LogP contribution in [0, 0.1) is 5.82 Å². The summed E-state index contributed by atoms with van der Waals surface area (Å²) in [6.07, 6.45) is 1.55. The van der Waals surface area contributed by atoms with Crippen LogP contribution in [0.15, 0.2) is 18.2 Å². The number of benzene rings is 1. The third-order valence-corrected chi connectivity index (χ3v) is 6.78. The van der Waals surface area contributed by atoms with Gasteiger partial charge in [-0.25, -0.2) is 22.3 Å². The van der Waals surface area contributed by atoms with Gasteiger partial charge in [0, 0.05) is 19.6 Å². The fourth-order valence-corrected chi connectivity index (χ4v) is 4.85. The fourth-order valence-electron chi connectivity index (χ4n) is 3.34. The molecule has 2 fully saturated rings. The number of aliphatic hydroxyl groups is 1. The lowest BCUT2D eigenvalue weighted by molar-refractivity contribution is -0.122. The predicted octanol–water partition coefficient (Wildman–Crippen LogP) is 1.19. The molecule has 0 spiro atoms. The van der Waals surface area contributed by atoms with Crippen molar-refractivity contribution in [3.8, 4) is 5.75 Å². The Bertz CT molecular complexity index is 990. The highest BCUT2D eigenvalue weighted by Gasteiger charge is 2.47. The van der Waals surface area contributed by atoms with Gasteiger partial charge in [-0.2, -0.15) is 0 Å². The molecule has 2 aliphatic rings. The molecule has 10 nitrogen and oxygen atoms in total. The number of amides is 3. The highest BCUT2D eigenvalue weighted by molar-refractivity contribution is 7.89. The minimum atomic E-state index is -3.65. The zero-order valence-electron chi connectivity index (χ0n) is 18.7. The van der Waals surface area contributed by atoms with Gasteiger partial charge in [-0.05, 0) is 50.8 Å². The fraction of sp³-hybridized carbons (Fsp3) is 0.619. The quantitative estimate of drug-likeness (QED) is 0.377. The first-order valence-electron chi connectivity index (χ1n) is 10.7. The summed E-state index contributed by atoms with van der Waals surface area (Å²) in [4.78, 5) is 24.1. The van der Waals surface area contributed by atoms with Gasteiger partial charge < -0.3 is 19.5 Å². The van der Waals surface area contributed by atoms with Crippen molar-refractivity contribution in [2.45, 2.75) is 50.7 Å². The van der Waals surface area contributed by atoms with Gasteiger partial charge in [0.1, 0.15) is 13.3 Å². The van der Waals surface area contributed by atoms with Crippen LogP contribution in [0.1, 0.15) is 45.1 Å². The lowest BCUT2D eigenvalue weighted by Gasteiger charge is -2.26. The molecule has 3 amide bonds. The number of imide groups is 1. The van der Waals surface area contributed by atoms with Crippen molar-refractivity contribution in [2.75, 3.05) is 32.2 Å². The number of sulfonamides is 1. The SMILES string of the molecule is CC(C)(O)COc1cc(C2(NS(=O)(=O)CCCOCN3CCC(=O)NC3=O)CC2)ccc1F. The number of halogens is 1. The largest absolute Gasteiger partial charge is 0.488 e. The average molecular weight is 488 g/mol. The summed E-state index contributed by atoms with van der Waals surface area (Å²) in [6, 6.07) is 3.69. The van der Waals surface area contributed by atoms with Gasteiger partial charge in [0.05, 0.1) is 16.9 Å². The zero-order valence-corrected chi connectivity index (χ0v) is 19.5. The van der Waals surface area contributed by atoms with E-state index in [-0.39, 0.29) is 56.7 Å². The Morgan fingerprint density at radius 1 is 1.30 bits per heavy atom. The average Bonchev–Trinajstić information content (AvgIpc) is 3.47. The van der Waals surface area contributed by atoms with Gasteiger partial charge in [0.15, 0.2) is 11.6 Å². The third kappa shape index (κ3) is 7.36. The lowest BCUT2D eigenvalue weighted by atomic mass is 10.1. The second-order valence-corrected chi connectivity index (χ2v) is 10.8. The smallest absolute Gasteiger partial charge is 0.325 e. The maximum absolute atomic E-state index is 14.1. The van der Waals surface area contributed by atoms with Crippen LogP contribution in [-0.2, 0) is 25.1 Å². The second kappa shape index (κ2) is 9.92. The van der Waals surface area contributed by atoms with Crippen LogP contribution < -0.4 is 14.8 Å². The third-order valence-electron chi connectivity index (χ3n) is 5.26. The molecule has 1 aromatic carbocycles. The van der Waals surface area contributed by atoms with Gasteiger partial charge in [0.2, 0.25) is 15.9 Å². The molecule has 1 heterocycles. The molecule has 1 saturated carbocycles. The van der Waals surface area contributed by atoms with Crippen molar-refractivity contribution in [1.82, 2.24) is 14.9 Å². The van der Waals surface area contributed by atoms with Crippen LogP contribution in [0.2, 0.25) is 0 Å². The van der Waals surface area contributed by atoms with E-state index in [4.69, 9.17) is 9.47 Å². The summed E-state index contributed by atoms with van der Waals surface area (Å²) >= 11 is 0.